The van der Waals surface area contributed by atoms with E-state index in [1.165, 1.54) is 11.3 Å². The van der Waals surface area contributed by atoms with Crippen LogP contribution in [0.2, 0.25) is 0 Å². The van der Waals surface area contributed by atoms with Crippen LogP contribution in [-0.4, -0.2) is 59.3 Å². The number of thiophene rings is 1. The Labute approximate surface area is 200 Å². The number of nitrogens with two attached hydrogens (primary N) is 1. The summed E-state index contributed by atoms with van der Waals surface area (Å²) in [4.78, 5) is 49.5. The summed E-state index contributed by atoms with van der Waals surface area (Å²) >= 11 is 2.23. The minimum absolute atomic E-state index is 0. The third-order valence-corrected chi connectivity index (χ3v) is 6.34. The van der Waals surface area contributed by atoms with Crippen molar-refractivity contribution in [3.8, 4) is 0 Å². The summed E-state index contributed by atoms with van der Waals surface area (Å²) < 4.78 is 31.9. The number of hydrogen-bond acceptors (Lipinski definition) is 9. The van der Waals surface area contributed by atoms with Gasteiger partial charge >= 0.3 is 35.7 Å². The molecule has 2 atom stereocenters. The van der Waals surface area contributed by atoms with Crippen LogP contribution >= 0.6 is 23.1 Å². The Hall–Kier alpha value is -1.57. The molecule has 0 saturated carbocycles. The number of carbonyl (C=O) groups excluding carboxylic acids is 4. The number of ether oxygens (including phenoxy) is 2. The minimum atomic E-state index is -3.07. The molecule has 1 aromatic rings. The van der Waals surface area contributed by atoms with Crippen molar-refractivity contribution >= 4 is 47.0 Å². The Bertz CT molecular complexity index is 957. The van der Waals surface area contributed by atoms with Gasteiger partial charge in [-0.2, -0.15) is 0 Å². The van der Waals surface area contributed by atoms with Crippen LogP contribution in [0.4, 0.5) is 4.79 Å². The first-order valence-electron chi connectivity index (χ1n) is 9.29. The fourth-order valence-electron chi connectivity index (χ4n) is 2.90. The molecule has 1 saturated heterocycles. The molecule has 0 aliphatic carbocycles. The number of hydrogen-bond donors (Lipinski definition) is 2. The molecule has 3 heterocycles. The summed E-state index contributed by atoms with van der Waals surface area (Å²) in [6, 6.07) is 3.41. The van der Waals surface area contributed by atoms with Crippen LogP contribution in [0.25, 0.3) is 0 Å². The predicted octanol–water partition coefficient (Wildman–Crippen LogP) is -4.23. The van der Waals surface area contributed by atoms with E-state index in [4.69, 9.17) is 14.6 Å². The molecule has 3 rings (SSSR count). The van der Waals surface area contributed by atoms with Crippen LogP contribution in [-0.2, 0) is 30.3 Å². The summed E-state index contributed by atoms with van der Waals surface area (Å²) in [5, 5.41) is 14.6. The first-order valence-corrected chi connectivity index (χ1v) is 9.72. The number of carboxylic acid groups (broad SMARTS) is 1. The second-order valence-electron chi connectivity index (χ2n) is 5.83. The molecule has 2 aliphatic rings. The van der Waals surface area contributed by atoms with Crippen molar-refractivity contribution in [3.63, 3.8) is 0 Å². The number of carbonyl (C=O) groups is 4. The third-order valence-electron chi connectivity index (χ3n) is 4.09. The summed E-state index contributed by atoms with van der Waals surface area (Å²) in [5.74, 6) is -3.59. The van der Waals surface area contributed by atoms with Crippen molar-refractivity contribution < 1.29 is 67.4 Å². The van der Waals surface area contributed by atoms with Crippen molar-refractivity contribution in [1.82, 2.24) is 10.2 Å². The number of amides is 3. The molecule has 0 spiro atoms. The molecule has 2 aliphatic heterocycles. The summed E-state index contributed by atoms with van der Waals surface area (Å²) in [7, 11) is -3.07. The predicted molar refractivity (Wildman–Crippen MR) is 96.6 cm³/mol. The van der Waals surface area contributed by atoms with E-state index in [-0.39, 0.29) is 47.3 Å². The van der Waals surface area contributed by atoms with Crippen LogP contribution in [0.1, 0.15) is 8.99 Å². The second kappa shape index (κ2) is 9.49. The van der Waals surface area contributed by atoms with Gasteiger partial charge < -0.3 is 30.4 Å². The Balaban J connectivity index is 0.00000363. The second-order valence-corrected chi connectivity index (χ2v) is 7.93. The zero-order valence-electron chi connectivity index (χ0n) is 18.1. The monoisotopic (exact) mass is 452 g/mol. The van der Waals surface area contributed by atoms with E-state index in [2.05, 4.69) is 10.1 Å². The fourth-order valence-corrected chi connectivity index (χ4v) is 4.98. The molecular weight excluding hydrogens is 433 g/mol. The van der Waals surface area contributed by atoms with Gasteiger partial charge in [-0.1, -0.05) is 6.07 Å². The van der Waals surface area contributed by atoms with Gasteiger partial charge in [0.15, 0.2) is 0 Å². The van der Waals surface area contributed by atoms with Gasteiger partial charge in [-0.3, -0.25) is 14.5 Å². The van der Waals surface area contributed by atoms with Gasteiger partial charge in [-0.15, -0.1) is 23.1 Å². The maximum Gasteiger partial charge on any atom is 1.00 e. The van der Waals surface area contributed by atoms with Crippen LogP contribution in [0.3, 0.4) is 0 Å². The van der Waals surface area contributed by atoms with E-state index in [1.54, 1.807) is 17.5 Å². The molecule has 0 bridgehead atoms. The van der Waals surface area contributed by atoms with E-state index in [9.17, 15) is 24.3 Å². The van der Waals surface area contributed by atoms with Crippen LogP contribution in [0.15, 0.2) is 28.8 Å². The standard InChI is InChI=1S/C16H17N3O7S2.Na/c1-25-16(18-10(20)5-9-3-2-4-27-9)13(23)19-11(12(21)22)8(6-26-15(17)24)7-28-14(16)19;/h2-4,14H,5-7H2,1H3,(H2,17,24)(H,18,20)(H,21,22);/q;+1/p-1/t14-,16+;/m0./s1/i1D3;. The molecule has 13 heteroatoms. The van der Waals surface area contributed by atoms with Crippen LogP contribution in [0, 0.1) is 0 Å². The van der Waals surface area contributed by atoms with Gasteiger partial charge in [0.05, 0.1) is 22.2 Å². The van der Waals surface area contributed by atoms with E-state index in [0.717, 1.165) is 16.7 Å². The average molecular weight is 452 g/mol. The summed E-state index contributed by atoms with van der Waals surface area (Å²) in [5.41, 5.74) is 2.03. The maximum absolute atomic E-state index is 13.0. The fraction of sp³-hybridized carbons (Fsp3) is 0.375. The SMILES string of the molecule is [2H]C([2H])([2H])O[C@]1(NC(=O)Cc2cccs2)C(=O)N2C(C(=O)[O-])=C(COC(N)=O)CS[C@H]21.[Na+]. The van der Waals surface area contributed by atoms with Gasteiger partial charge in [0, 0.05) is 23.2 Å². The smallest absolute Gasteiger partial charge is 0.543 e. The molecule has 29 heavy (non-hydrogen) atoms. The van der Waals surface area contributed by atoms with Crippen molar-refractivity contribution in [3.05, 3.63) is 33.7 Å². The Morgan fingerprint density at radius 3 is 2.86 bits per heavy atom. The third kappa shape index (κ3) is 4.47. The number of nitrogens with zero attached hydrogens (tertiary/aromatic N) is 1. The molecule has 0 radical (unpaired) electrons. The van der Waals surface area contributed by atoms with Crippen LogP contribution < -0.4 is 45.7 Å². The van der Waals surface area contributed by atoms with Gasteiger partial charge in [0.2, 0.25) is 5.91 Å². The number of β-lactam (4-membered cyclic amide) rings is 1. The zero-order chi connectivity index (χ0) is 23.0. The van der Waals surface area contributed by atoms with Crippen molar-refractivity contribution in [2.24, 2.45) is 5.73 Å². The molecule has 3 N–H and O–H groups in total. The Morgan fingerprint density at radius 2 is 2.28 bits per heavy atom. The minimum Gasteiger partial charge on any atom is -0.543 e. The number of rotatable bonds is 7. The number of thioether (sulfide) groups is 1. The normalized spacial score (nSPS) is 24.8. The summed E-state index contributed by atoms with van der Waals surface area (Å²) in [6.07, 6.45) is -1.27. The number of nitrogens with one attached hydrogen (secondary N) is 1. The van der Waals surface area contributed by atoms with Crippen molar-refractivity contribution in [2.45, 2.75) is 17.5 Å². The molecule has 0 aromatic carbocycles. The largest absolute Gasteiger partial charge is 1.00 e. The van der Waals surface area contributed by atoms with Gasteiger partial charge in [0.1, 0.15) is 12.0 Å². The van der Waals surface area contributed by atoms with Crippen molar-refractivity contribution in [1.29, 1.82) is 0 Å². The molecular formula is C16H16N3NaO7S2. The van der Waals surface area contributed by atoms with E-state index < -0.39 is 54.3 Å². The zero-order valence-corrected chi connectivity index (χ0v) is 18.8. The van der Waals surface area contributed by atoms with Gasteiger partial charge in [-0.05, 0) is 11.4 Å². The topological polar surface area (TPSA) is 151 Å². The summed E-state index contributed by atoms with van der Waals surface area (Å²) in [6.45, 7) is -0.500. The number of methoxy groups -OCH3 is 1. The maximum atomic E-state index is 13.0. The first-order chi connectivity index (χ1) is 14.4. The number of aliphatic carboxylic acids is 1. The van der Waals surface area contributed by atoms with Gasteiger partial charge in [-0.25, -0.2) is 4.79 Å². The molecule has 3 amide bonds. The molecule has 0 unspecified atom stereocenters. The molecule has 1 aromatic heterocycles. The Kier molecular flexibility index (Phi) is 6.35. The van der Waals surface area contributed by atoms with Crippen LogP contribution in [0.5, 0.6) is 0 Å². The first kappa shape index (κ1) is 19.4. The van der Waals surface area contributed by atoms with E-state index >= 15 is 0 Å². The Morgan fingerprint density at radius 1 is 1.52 bits per heavy atom. The molecule has 1 fully saturated rings. The van der Waals surface area contributed by atoms with Gasteiger partial charge in [0.25, 0.3) is 11.6 Å². The van der Waals surface area contributed by atoms with E-state index in [0.29, 0.717) is 4.88 Å². The number of fused-ring (bicyclic) bond motifs is 1. The quantitative estimate of drug-likeness (QED) is 0.240. The molecule has 150 valence electrons. The molecule has 10 nitrogen and oxygen atoms in total. The van der Waals surface area contributed by atoms with Crippen molar-refractivity contribution in [2.75, 3.05) is 19.4 Å². The average Bonchev–Trinajstić information content (AvgIpc) is 3.16. The van der Waals surface area contributed by atoms with E-state index in [1.807, 2.05) is 0 Å². The number of carboxylic acids is 1. The number of primary amides is 1.